The lowest BCUT2D eigenvalue weighted by atomic mass is 10.0. The predicted octanol–water partition coefficient (Wildman–Crippen LogP) is 1.78. The number of nitrogens with one attached hydrogen (secondary N) is 1. The zero-order valence-corrected chi connectivity index (χ0v) is 9.22. The van der Waals surface area contributed by atoms with Crippen molar-refractivity contribution < 1.29 is 5.11 Å². The van der Waals surface area contributed by atoms with Gasteiger partial charge < -0.3 is 10.4 Å². The molecule has 0 spiro atoms. The van der Waals surface area contributed by atoms with Crippen LogP contribution in [0.5, 0.6) is 0 Å². The zero-order valence-electron chi connectivity index (χ0n) is 8.46. The molecular weight excluding hydrogens is 186 g/mol. The summed E-state index contributed by atoms with van der Waals surface area (Å²) < 4.78 is 0. The van der Waals surface area contributed by atoms with Gasteiger partial charge in [-0.15, -0.1) is 11.6 Å². The highest BCUT2D eigenvalue weighted by Crippen LogP contribution is 2.03. The van der Waals surface area contributed by atoms with E-state index in [4.69, 9.17) is 16.7 Å². The van der Waals surface area contributed by atoms with Gasteiger partial charge in [0.05, 0.1) is 6.61 Å². The molecule has 0 bridgehead atoms. The Bertz CT molecular complexity index is 137. The molecule has 0 saturated heterocycles. The monoisotopic (exact) mass is 205 g/mol. The van der Waals surface area contributed by atoms with Crippen LogP contribution in [0.25, 0.3) is 0 Å². The first-order valence-electron chi connectivity index (χ1n) is 4.75. The standard InChI is InChI=1S/C10H20ClNO/c1-9(2)7-10(8-13)12-6-4-3-5-11/h3-4,9-10,12-13H,5-8H2,1-2H3/b4-3+. The summed E-state index contributed by atoms with van der Waals surface area (Å²) in [7, 11) is 0. The average Bonchev–Trinajstić information content (AvgIpc) is 2.09. The number of hydrogen-bond acceptors (Lipinski definition) is 2. The fourth-order valence-electron chi connectivity index (χ4n) is 1.17. The Labute approximate surface area is 86.0 Å². The smallest absolute Gasteiger partial charge is 0.0584 e. The first kappa shape index (κ1) is 12.9. The van der Waals surface area contributed by atoms with Gasteiger partial charge >= 0.3 is 0 Å². The van der Waals surface area contributed by atoms with Gasteiger partial charge in [-0.1, -0.05) is 26.0 Å². The summed E-state index contributed by atoms with van der Waals surface area (Å²) in [6.45, 7) is 5.29. The van der Waals surface area contributed by atoms with Crippen LogP contribution in [-0.2, 0) is 0 Å². The molecule has 78 valence electrons. The van der Waals surface area contributed by atoms with Gasteiger partial charge in [-0.05, 0) is 12.3 Å². The summed E-state index contributed by atoms with van der Waals surface area (Å²) in [5.41, 5.74) is 0. The van der Waals surface area contributed by atoms with Gasteiger partial charge in [-0.3, -0.25) is 0 Å². The zero-order chi connectivity index (χ0) is 10.1. The molecule has 0 heterocycles. The molecule has 0 rings (SSSR count). The summed E-state index contributed by atoms with van der Waals surface area (Å²) in [6.07, 6.45) is 4.89. The maximum Gasteiger partial charge on any atom is 0.0584 e. The van der Waals surface area contributed by atoms with Gasteiger partial charge in [-0.25, -0.2) is 0 Å². The molecular formula is C10H20ClNO. The normalized spacial score (nSPS) is 14.2. The van der Waals surface area contributed by atoms with Crippen molar-refractivity contribution in [2.45, 2.75) is 26.3 Å². The molecule has 0 aromatic carbocycles. The third-order valence-electron chi connectivity index (χ3n) is 1.76. The summed E-state index contributed by atoms with van der Waals surface area (Å²) in [4.78, 5) is 0. The van der Waals surface area contributed by atoms with Crippen LogP contribution in [0.2, 0.25) is 0 Å². The number of alkyl halides is 1. The topological polar surface area (TPSA) is 32.3 Å². The summed E-state index contributed by atoms with van der Waals surface area (Å²) >= 11 is 5.47. The number of halogens is 1. The quantitative estimate of drug-likeness (QED) is 0.491. The summed E-state index contributed by atoms with van der Waals surface area (Å²) in [5.74, 6) is 1.16. The second kappa shape index (κ2) is 8.54. The van der Waals surface area contributed by atoms with E-state index in [0.717, 1.165) is 13.0 Å². The van der Waals surface area contributed by atoms with Crippen LogP contribution in [0.4, 0.5) is 0 Å². The van der Waals surface area contributed by atoms with Gasteiger partial charge in [0.15, 0.2) is 0 Å². The van der Waals surface area contributed by atoms with Crippen molar-refractivity contribution in [1.82, 2.24) is 5.32 Å². The van der Waals surface area contributed by atoms with E-state index in [1.165, 1.54) is 0 Å². The molecule has 13 heavy (non-hydrogen) atoms. The van der Waals surface area contributed by atoms with Crippen LogP contribution >= 0.6 is 11.6 Å². The van der Waals surface area contributed by atoms with Crippen LogP contribution < -0.4 is 5.32 Å². The lowest BCUT2D eigenvalue weighted by molar-refractivity contribution is 0.228. The van der Waals surface area contributed by atoms with E-state index in [-0.39, 0.29) is 12.6 Å². The van der Waals surface area contributed by atoms with Gasteiger partial charge in [0.25, 0.3) is 0 Å². The summed E-state index contributed by atoms with van der Waals surface area (Å²) in [6, 6.07) is 0.208. The van der Waals surface area contributed by atoms with Crippen molar-refractivity contribution in [3.05, 3.63) is 12.2 Å². The van der Waals surface area contributed by atoms with E-state index in [9.17, 15) is 0 Å². The van der Waals surface area contributed by atoms with Crippen LogP contribution in [0.3, 0.4) is 0 Å². The van der Waals surface area contributed by atoms with Crippen molar-refractivity contribution in [2.75, 3.05) is 19.0 Å². The van der Waals surface area contributed by atoms with Crippen LogP contribution in [-0.4, -0.2) is 30.2 Å². The molecule has 1 unspecified atom stereocenters. The number of hydrogen-bond donors (Lipinski definition) is 2. The van der Waals surface area contributed by atoms with E-state index in [0.29, 0.717) is 11.8 Å². The Kier molecular flexibility index (Phi) is 8.51. The van der Waals surface area contributed by atoms with Crippen molar-refractivity contribution in [3.63, 3.8) is 0 Å². The molecule has 0 aromatic rings. The fourth-order valence-corrected chi connectivity index (χ4v) is 1.30. The fraction of sp³-hybridized carbons (Fsp3) is 0.800. The SMILES string of the molecule is CC(C)CC(CO)NC/C=C/CCl. The largest absolute Gasteiger partial charge is 0.395 e. The molecule has 0 aliphatic rings. The number of rotatable bonds is 7. The minimum atomic E-state index is 0.201. The van der Waals surface area contributed by atoms with E-state index >= 15 is 0 Å². The number of allylic oxidation sites excluding steroid dienone is 1. The van der Waals surface area contributed by atoms with Gasteiger partial charge in [0.2, 0.25) is 0 Å². The average molecular weight is 206 g/mol. The Balaban J connectivity index is 3.53. The highest BCUT2D eigenvalue weighted by molar-refractivity contribution is 6.18. The molecule has 0 aliphatic carbocycles. The van der Waals surface area contributed by atoms with Crippen LogP contribution in [0.1, 0.15) is 20.3 Å². The second-order valence-electron chi connectivity index (χ2n) is 3.54. The lowest BCUT2D eigenvalue weighted by Crippen LogP contribution is -2.33. The van der Waals surface area contributed by atoms with Crippen LogP contribution in [0.15, 0.2) is 12.2 Å². The molecule has 0 amide bonds. The Morgan fingerprint density at radius 2 is 2.08 bits per heavy atom. The van der Waals surface area contributed by atoms with Crippen molar-refractivity contribution in [1.29, 1.82) is 0 Å². The molecule has 0 radical (unpaired) electrons. The van der Waals surface area contributed by atoms with Crippen molar-refractivity contribution >= 4 is 11.6 Å². The van der Waals surface area contributed by atoms with E-state index in [1.807, 2.05) is 12.2 Å². The third kappa shape index (κ3) is 8.28. The Morgan fingerprint density at radius 1 is 1.38 bits per heavy atom. The number of aliphatic hydroxyl groups excluding tert-OH is 1. The lowest BCUT2D eigenvalue weighted by Gasteiger charge is -2.16. The molecule has 0 aliphatic heterocycles. The maximum atomic E-state index is 9.02. The highest BCUT2D eigenvalue weighted by Gasteiger charge is 2.07. The number of aliphatic hydroxyl groups is 1. The van der Waals surface area contributed by atoms with Gasteiger partial charge in [0, 0.05) is 18.5 Å². The molecule has 0 saturated carbocycles. The third-order valence-corrected chi connectivity index (χ3v) is 1.93. The first-order valence-corrected chi connectivity index (χ1v) is 5.29. The minimum absolute atomic E-state index is 0.201. The van der Waals surface area contributed by atoms with E-state index in [1.54, 1.807) is 0 Å². The van der Waals surface area contributed by atoms with Crippen molar-refractivity contribution in [2.24, 2.45) is 5.92 Å². The predicted molar refractivity (Wildman–Crippen MR) is 58.2 cm³/mol. The van der Waals surface area contributed by atoms with Gasteiger partial charge in [-0.2, -0.15) is 0 Å². The molecule has 0 fully saturated rings. The summed E-state index contributed by atoms with van der Waals surface area (Å²) in [5, 5.41) is 12.3. The maximum absolute atomic E-state index is 9.02. The first-order chi connectivity index (χ1) is 6.20. The molecule has 0 aromatic heterocycles. The molecule has 1 atom stereocenters. The second-order valence-corrected chi connectivity index (χ2v) is 3.85. The highest BCUT2D eigenvalue weighted by atomic mass is 35.5. The minimum Gasteiger partial charge on any atom is -0.395 e. The van der Waals surface area contributed by atoms with Gasteiger partial charge in [0.1, 0.15) is 0 Å². The molecule has 2 N–H and O–H groups in total. The van der Waals surface area contributed by atoms with E-state index in [2.05, 4.69) is 19.2 Å². The Morgan fingerprint density at radius 3 is 2.54 bits per heavy atom. The molecule has 2 nitrogen and oxygen atoms in total. The molecule has 3 heteroatoms. The van der Waals surface area contributed by atoms with Crippen LogP contribution in [0, 0.1) is 5.92 Å². The van der Waals surface area contributed by atoms with Crippen molar-refractivity contribution in [3.8, 4) is 0 Å². The Hall–Kier alpha value is -0.0500. The van der Waals surface area contributed by atoms with E-state index < -0.39 is 0 Å².